The van der Waals surface area contributed by atoms with E-state index in [0.29, 0.717) is 31.1 Å². The number of nitrogens with zero attached hydrogens (tertiary/aromatic N) is 2. The van der Waals surface area contributed by atoms with Crippen LogP contribution in [0, 0.1) is 5.92 Å². The number of anilines is 1. The van der Waals surface area contributed by atoms with E-state index in [1.54, 1.807) is 12.3 Å². The minimum atomic E-state index is -4.21. The van der Waals surface area contributed by atoms with E-state index in [2.05, 4.69) is 24.1 Å². The van der Waals surface area contributed by atoms with Crippen LogP contribution in [0.15, 0.2) is 18.5 Å². The number of nitrogens with one attached hydrogen (secondary N) is 1. The summed E-state index contributed by atoms with van der Waals surface area (Å²) in [5.41, 5.74) is 1.41. The lowest BCUT2D eigenvalue weighted by Gasteiger charge is -2.27. The van der Waals surface area contributed by atoms with Crippen LogP contribution in [0.4, 0.5) is 18.9 Å². The highest BCUT2D eigenvalue weighted by molar-refractivity contribution is 5.51. The van der Waals surface area contributed by atoms with E-state index < -0.39 is 12.7 Å². The molecule has 0 bridgehead atoms. The Labute approximate surface area is 124 Å². The molecular formula is C15H24F3N3. The molecule has 1 rings (SSSR count). The highest BCUT2D eigenvalue weighted by atomic mass is 19.4. The molecule has 1 N–H and O–H groups in total. The predicted octanol–water partition coefficient (Wildman–Crippen LogP) is 3.61. The maximum atomic E-state index is 12.7. The zero-order valence-corrected chi connectivity index (χ0v) is 12.9. The van der Waals surface area contributed by atoms with Crippen LogP contribution in [-0.4, -0.2) is 30.8 Å². The second-order valence-electron chi connectivity index (χ2n) is 5.57. The summed E-state index contributed by atoms with van der Waals surface area (Å²) in [5, 5.41) is 3.27. The summed E-state index contributed by atoms with van der Waals surface area (Å²) in [4.78, 5) is 5.35. The fourth-order valence-corrected chi connectivity index (χ4v) is 2.12. The van der Waals surface area contributed by atoms with Crippen molar-refractivity contribution in [3.05, 3.63) is 24.0 Å². The lowest BCUT2D eigenvalue weighted by molar-refractivity contribution is -0.119. The van der Waals surface area contributed by atoms with E-state index in [0.717, 1.165) is 12.1 Å². The number of halogens is 3. The molecule has 0 amide bonds. The van der Waals surface area contributed by atoms with Crippen molar-refractivity contribution < 1.29 is 13.2 Å². The van der Waals surface area contributed by atoms with Gasteiger partial charge in [0.2, 0.25) is 0 Å². The van der Waals surface area contributed by atoms with Gasteiger partial charge in [-0.15, -0.1) is 0 Å². The maximum Gasteiger partial charge on any atom is 0.405 e. The molecule has 3 nitrogen and oxygen atoms in total. The van der Waals surface area contributed by atoms with Crippen LogP contribution in [-0.2, 0) is 6.54 Å². The average Bonchev–Trinajstić information content (AvgIpc) is 2.37. The SMILES string of the molecule is CCCN(CC(F)(F)F)c1cnccc1CNCC(C)C. The first-order chi connectivity index (χ1) is 9.83. The van der Waals surface area contributed by atoms with Crippen LogP contribution in [0.25, 0.3) is 0 Å². The molecule has 0 unspecified atom stereocenters. The van der Waals surface area contributed by atoms with Gasteiger partial charge in [-0.3, -0.25) is 4.98 Å². The fraction of sp³-hybridized carbons (Fsp3) is 0.667. The highest BCUT2D eigenvalue weighted by Crippen LogP contribution is 2.25. The van der Waals surface area contributed by atoms with Crippen molar-refractivity contribution in [2.24, 2.45) is 5.92 Å². The molecule has 0 saturated heterocycles. The van der Waals surface area contributed by atoms with Crippen LogP contribution in [0.1, 0.15) is 32.8 Å². The Morgan fingerprint density at radius 3 is 2.62 bits per heavy atom. The molecular weight excluding hydrogens is 279 g/mol. The minimum absolute atomic E-state index is 0.363. The topological polar surface area (TPSA) is 28.2 Å². The van der Waals surface area contributed by atoms with E-state index in [1.165, 1.54) is 11.1 Å². The molecule has 6 heteroatoms. The number of aromatic nitrogens is 1. The van der Waals surface area contributed by atoms with Crippen molar-refractivity contribution in [1.29, 1.82) is 0 Å². The second-order valence-corrected chi connectivity index (χ2v) is 5.57. The van der Waals surface area contributed by atoms with Gasteiger partial charge in [0.15, 0.2) is 0 Å². The molecule has 0 saturated carbocycles. The van der Waals surface area contributed by atoms with E-state index >= 15 is 0 Å². The van der Waals surface area contributed by atoms with Gasteiger partial charge in [-0.2, -0.15) is 13.2 Å². The first-order valence-corrected chi connectivity index (χ1v) is 7.28. The molecule has 0 aliphatic heterocycles. The molecule has 1 aromatic heterocycles. The number of pyridine rings is 1. The van der Waals surface area contributed by atoms with Crippen LogP contribution in [0.5, 0.6) is 0 Å². The van der Waals surface area contributed by atoms with E-state index in [-0.39, 0.29) is 0 Å². The average molecular weight is 303 g/mol. The van der Waals surface area contributed by atoms with E-state index in [4.69, 9.17) is 0 Å². The van der Waals surface area contributed by atoms with Crippen molar-refractivity contribution >= 4 is 5.69 Å². The third kappa shape index (κ3) is 6.80. The first kappa shape index (κ1) is 17.8. The predicted molar refractivity (Wildman–Crippen MR) is 79.3 cm³/mol. The Morgan fingerprint density at radius 1 is 1.33 bits per heavy atom. The molecule has 21 heavy (non-hydrogen) atoms. The van der Waals surface area contributed by atoms with Crippen molar-refractivity contribution in [2.45, 2.75) is 39.9 Å². The van der Waals surface area contributed by atoms with Gasteiger partial charge in [-0.25, -0.2) is 0 Å². The van der Waals surface area contributed by atoms with Gasteiger partial charge in [-0.05, 0) is 30.5 Å². The van der Waals surface area contributed by atoms with Crippen LogP contribution in [0.2, 0.25) is 0 Å². The lowest BCUT2D eigenvalue weighted by atomic mass is 10.1. The van der Waals surface area contributed by atoms with Gasteiger partial charge >= 0.3 is 6.18 Å². The molecule has 1 aromatic rings. The molecule has 0 spiro atoms. The zero-order valence-electron chi connectivity index (χ0n) is 12.9. The Kier molecular flexibility index (Phi) is 6.95. The summed E-state index contributed by atoms with van der Waals surface area (Å²) in [6.45, 7) is 6.85. The quantitative estimate of drug-likeness (QED) is 0.795. The molecule has 1 heterocycles. The molecule has 120 valence electrons. The Morgan fingerprint density at radius 2 is 2.05 bits per heavy atom. The fourth-order valence-electron chi connectivity index (χ4n) is 2.12. The summed E-state index contributed by atoms with van der Waals surface area (Å²) in [6, 6.07) is 1.78. The Hall–Kier alpha value is -1.30. The normalized spacial score (nSPS) is 12.0. The smallest absolute Gasteiger partial charge is 0.361 e. The maximum absolute atomic E-state index is 12.7. The second kappa shape index (κ2) is 8.22. The van der Waals surface area contributed by atoms with Gasteiger partial charge < -0.3 is 10.2 Å². The van der Waals surface area contributed by atoms with Gasteiger partial charge in [0.25, 0.3) is 0 Å². The molecule has 0 radical (unpaired) electrons. The largest absolute Gasteiger partial charge is 0.405 e. The van der Waals surface area contributed by atoms with Crippen LogP contribution < -0.4 is 10.2 Å². The summed E-state index contributed by atoms with van der Waals surface area (Å²) >= 11 is 0. The van der Waals surface area contributed by atoms with Gasteiger partial charge in [0, 0.05) is 19.3 Å². The number of alkyl halides is 3. The van der Waals surface area contributed by atoms with Crippen molar-refractivity contribution in [3.63, 3.8) is 0 Å². The number of rotatable bonds is 8. The van der Waals surface area contributed by atoms with Gasteiger partial charge in [-0.1, -0.05) is 20.8 Å². The summed E-state index contributed by atoms with van der Waals surface area (Å²) in [6.07, 6.45) is -0.418. The third-order valence-corrected chi connectivity index (χ3v) is 2.96. The summed E-state index contributed by atoms with van der Waals surface area (Å²) in [5.74, 6) is 0.497. The first-order valence-electron chi connectivity index (χ1n) is 7.28. The molecule has 0 atom stereocenters. The molecule has 0 aliphatic carbocycles. The monoisotopic (exact) mass is 303 g/mol. The van der Waals surface area contributed by atoms with Crippen LogP contribution in [0.3, 0.4) is 0 Å². The van der Waals surface area contributed by atoms with E-state index in [9.17, 15) is 13.2 Å². The standard InChI is InChI=1S/C15H24F3N3/c1-4-7-21(11-15(16,17)18)14-10-19-6-5-13(14)9-20-8-12(2)3/h5-6,10,12,20H,4,7-9,11H2,1-3H3. The summed E-state index contributed by atoms with van der Waals surface area (Å²) in [7, 11) is 0. The Balaban J connectivity index is 2.86. The van der Waals surface area contributed by atoms with Crippen LogP contribution >= 0.6 is 0 Å². The number of hydrogen-bond acceptors (Lipinski definition) is 3. The molecule has 0 aromatic carbocycles. The summed E-state index contributed by atoms with van der Waals surface area (Å²) < 4.78 is 38.2. The highest BCUT2D eigenvalue weighted by Gasteiger charge is 2.31. The zero-order chi connectivity index (χ0) is 15.9. The lowest BCUT2D eigenvalue weighted by Crippen LogP contribution is -2.36. The van der Waals surface area contributed by atoms with Crippen molar-refractivity contribution in [2.75, 3.05) is 24.5 Å². The minimum Gasteiger partial charge on any atom is -0.361 e. The molecule has 0 fully saturated rings. The van der Waals surface area contributed by atoms with Gasteiger partial charge in [0.1, 0.15) is 6.54 Å². The van der Waals surface area contributed by atoms with Crippen molar-refractivity contribution in [1.82, 2.24) is 10.3 Å². The molecule has 0 aliphatic rings. The van der Waals surface area contributed by atoms with Crippen molar-refractivity contribution in [3.8, 4) is 0 Å². The third-order valence-electron chi connectivity index (χ3n) is 2.96. The van der Waals surface area contributed by atoms with Gasteiger partial charge in [0.05, 0.1) is 11.9 Å². The Bertz CT molecular complexity index is 419. The van der Waals surface area contributed by atoms with E-state index in [1.807, 2.05) is 6.92 Å². The number of hydrogen-bond donors (Lipinski definition) is 1.